The van der Waals surface area contributed by atoms with Crippen LogP contribution < -0.4 is 11.2 Å². The number of aryl methyl sites for hydroxylation is 2. The standard InChI is InChI=1S/C14H13N5O2/c1-8-6-4-5-7-9(8)11-15-10-12(17-16-11)18(2)14(21)19(3)13(10)20/h4-7H,1-3H3. The van der Waals surface area contributed by atoms with E-state index >= 15 is 0 Å². The molecule has 0 spiro atoms. The van der Waals surface area contributed by atoms with Gasteiger partial charge in [-0.3, -0.25) is 13.9 Å². The smallest absolute Gasteiger partial charge is 0.278 e. The van der Waals surface area contributed by atoms with Crippen molar-refractivity contribution in [2.24, 2.45) is 14.1 Å². The lowest BCUT2D eigenvalue weighted by Crippen LogP contribution is -2.38. The summed E-state index contributed by atoms with van der Waals surface area (Å²) in [5.41, 5.74) is 1.18. The molecule has 0 aliphatic carbocycles. The van der Waals surface area contributed by atoms with Crippen LogP contribution in [0.5, 0.6) is 0 Å². The van der Waals surface area contributed by atoms with Crippen LogP contribution >= 0.6 is 0 Å². The Hall–Kier alpha value is -2.83. The summed E-state index contributed by atoms with van der Waals surface area (Å²) in [5.74, 6) is 0.372. The zero-order chi connectivity index (χ0) is 15.1. The molecule has 3 aromatic rings. The van der Waals surface area contributed by atoms with Crippen molar-refractivity contribution in [3.63, 3.8) is 0 Å². The third-order valence-electron chi connectivity index (χ3n) is 3.45. The highest BCUT2D eigenvalue weighted by atomic mass is 16.2. The summed E-state index contributed by atoms with van der Waals surface area (Å²) < 4.78 is 2.27. The molecule has 7 nitrogen and oxygen atoms in total. The van der Waals surface area contributed by atoms with Crippen LogP contribution in [0.15, 0.2) is 33.9 Å². The van der Waals surface area contributed by atoms with Gasteiger partial charge in [-0.1, -0.05) is 24.3 Å². The van der Waals surface area contributed by atoms with Crippen molar-refractivity contribution in [1.29, 1.82) is 0 Å². The third kappa shape index (κ3) is 1.94. The molecule has 0 bridgehead atoms. The number of hydrogen-bond acceptors (Lipinski definition) is 5. The molecule has 7 heteroatoms. The minimum Gasteiger partial charge on any atom is -0.278 e. The van der Waals surface area contributed by atoms with Gasteiger partial charge >= 0.3 is 5.69 Å². The van der Waals surface area contributed by atoms with Gasteiger partial charge in [-0.05, 0) is 12.5 Å². The average Bonchev–Trinajstić information content (AvgIpc) is 2.51. The van der Waals surface area contributed by atoms with Crippen LogP contribution in [0.2, 0.25) is 0 Å². The summed E-state index contributed by atoms with van der Waals surface area (Å²) >= 11 is 0. The highest BCUT2D eigenvalue weighted by Gasteiger charge is 2.14. The van der Waals surface area contributed by atoms with E-state index in [9.17, 15) is 9.59 Å². The highest BCUT2D eigenvalue weighted by molar-refractivity contribution is 5.71. The van der Waals surface area contributed by atoms with Crippen molar-refractivity contribution in [2.75, 3.05) is 0 Å². The largest absolute Gasteiger partial charge is 0.332 e. The van der Waals surface area contributed by atoms with E-state index in [4.69, 9.17) is 0 Å². The topological polar surface area (TPSA) is 82.7 Å². The summed E-state index contributed by atoms with van der Waals surface area (Å²) in [6.07, 6.45) is 0. The number of aromatic nitrogens is 5. The molecule has 0 N–H and O–H groups in total. The number of hydrogen-bond donors (Lipinski definition) is 0. The minimum absolute atomic E-state index is 0.132. The normalized spacial score (nSPS) is 11.0. The number of benzene rings is 1. The van der Waals surface area contributed by atoms with Crippen LogP contribution in [0.1, 0.15) is 5.56 Å². The SMILES string of the molecule is Cc1ccccc1-c1nnc2c(n1)c(=O)n(C)c(=O)n2C. The predicted molar refractivity (Wildman–Crippen MR) is 78.0 cm³/mol. The molecule has 0 radical (unpaired) electrons. The van der Waals surface area contributed by atoms with E-state index in [1.807, 2.05) is 31.2 Å². The second-order valence-corrected chi connectivity index (χ2v) is 4.83. The zero-order valence-corrected chi connectivity index (χ0v) is 11.9. The van der Waals surface area contributed by atoms with Gasteiger partial charge in [0.1, 0.15) is 0 Å². The van der Waals surface area contributed by atoms with Gasteiger partial charge in [0.2, 0.25) is 0 Å². The molecule has 0 aliphatic heterocycles. The zero-order valence-electron chi connectivity index (χ0n) is 11.9. The van der Waals surface area contributed by atoms with Gasteiger partial charge in [-0.2, -0.15) is 0 Å². The van der Waals surface area contributed by atoms with Crippen LogP contribution in [-0.2, 0) is 14.1 Å². The van der Waals surface area contributed by atoms with Gasteiger partial charge in [-0.25, -0.2) is 9.78 Å². The Kier molecular flexibility index (Phi) is 2.90. The highest BCUT2D eigenvalue weighted by Crippen LogP contribution is 2.18. The molecule has 0 atom stereocenters. The monoisotopic (exact) mass is 283 g/mol. The fourth-order valence-electron chi connectivity index (χ4n) is 2.19. The van der Waals surface area contributed by atoms with Crippen LogP contribution in [0.25, 0.3) is 22.6 Å². The van der Waals surface area contributed by atoms with Gasteiger partial charge in [0.15, 0.2) is 17.0 Å². The van der Waals surface area contributed by atoms with Crippen molar-refractivity contribution in [3.8, 4) is 11.4 Å². The van der Waals surface area contributed by atoms with Crippen LogP contribution in [0, 0.1) is 6.92 Å². The first-order valence-electron chi connectivity index (χ1n) is 6.37. The Morgan fingerprint density at radius 1 is 1.00 bits per heavy atom. The molecule has 0 fully saturated rings. The van der Waals surface area contributed by atoms with Crippen molar-refractivity contribution in [3.05, 3.63) is 50.7 Å². The van der Waals surface area contributed by atoms with Gasteiger partial charge in [-0.15, -0.1) is 10.2 Å². The second-order valence-electron chi connectivity index (χ2n) is 4.83. The minimum atomic E-state index is -0.474. The first-order valence-corrected chi connectivity index (χ1v) is 6.37. The lowest BCUT2D eigenvalue weighted by Gasteiger charge is -2.07. The van der Waals surface area contributed by atoms with E-state index in [2.05, 4.69) is 15.2 Å². The Labute approximate surface area is 119 Å². The quantitative estimate of drug-likeness (QED) is 0.645. The van der Waals surface area contributed by atoms with Crippen LogP contribution in [-0.4, -0.2) is 24.3 Å². The molecule has 3 rings (SSSR count). The molecule has 2 aromatic heterocycles. The fourth-order valence-corrected chi connectivity index (χ4v) is 2.19. The fraction of sp³-hybridized carbons (Fsp3) is 0.214. The third-order valence-corrected chi connectivity index (χ3v) is 3.45. The van der Waals surface area contributed by atoms with Gasteiger partial charge in [0, 0.05) is 19.7 Å². The first kappa shape index (κ1) is 13.2. The van der Waals surface area contributed by atoms with E-state index in [-0.39, 0.29) is 11.2 Å². The van der Waals surface area contributed by atoms with Crippen molar-refractivity contribution in [1.82, 2.24) is 24.3 Å². The van der Waals surface area contributed by atoms with Gasteiger partial charge < -0.3 is 0 Å². The number of nitrogens with zero attached hydrogens (tertiary/aromatic N) is 5. The lowest BCUT2D eigenvalue weighted by atomic mass is 10.1. The predicted octanol–water partition coefficient (Wildman–Crippen LogP) is 0.398. The van der Waals surface area contributed by atoms with Crippen LogP contribution in [0.4, 0.5) is 0 Å². The summed E-state index contributed by atoms with van der Waals surface area (Å²) in [6, 6.07) is 7.58. The van der Waals surface area contributed by atoms with Crippen LogP contribution in [0.3, 0.4) is 0 Å². The molecular formula is C14H13N5O2. The molecular weight excluding hydrogens is 270 g/mol. The summed E-state index contributed by atoms with van der Waals surface area (Å²) in [5, 5.41) is 8.04. The molecule has 0 aliphatic rings. The van der Waals surface area contributed by atoms with Crippen molar-refractivity contribution >= 4 is 11.2 Å². The molecule has 0 saturated carbocycles. The lowest BCUT2D eigenvalue weighted by molar-refractivity contribution is 0.698. The number of rotatable bonds is 1. The Morgan fingerprint density at radius 3 is 2.43 bits per heavy atom. The van der Waals surface area contributed by atoms with Crippen molar-refractivity contribution < 1.29 is 0 Å². The van der Waals surface area contributed by atoms with Crippen molar-refractivity contribution in [2.45, 2.75) is 6.92 Å². The Bertz CT molecular complexity index is 971. The maximum Gasteiger partial charge on any atom is 0.332 e. The van der Waals surface area contributed by atoms with E-state index in [0.717, 1.165) is 15.7 Å². The van der Waals surface area contributed by atoms with Gasteiger partial charge in [0.05, 0.1) is 0 Å². The summed E-state index contributed by atoms with van der Waals surface area (Å²) in [4.78, 5) is 28.3. The maximum absolute atomic E-state index is 12.2. The molecule has 1 aromatic carbocycles. The Balaban J connectivity index is 2.39. The van der Waals surface area contributed by atoms with E-state index in [1.165, 1.54) is 18.7 Å². The maximum atomic E-state index is 12.2. The van der Waals surface area contributed by atoms with E-state index < -0.39 is 11.2 Å². The first-order chi connectivity index (χ1) is 10.0. The molecule has 106 valence electrons. The second kappa shape index (κ2) is 4.62. The number of fused-ring (bicyclic) bond motifs is 1. The van der Waals surface area contributed by atoms with Gasteiger partial charge in [0.25, 0.3) is 5.56 Å². The molecule has 2 heterocycles. The Morgan fingerprint density at radius 2 is 1.71 bits per heavy atom. The summed E-state index contributed by atoms with van der Waals surface area (Å²) in [7, 11) is 2.95. The molecule has 0 saturated heterocycles. The molecule has 0 unspecified atom stereocenters. The summed E-state index contributed by atoms with van der Waals surface area (Å²) in [6.45, 7) is 1.93. The van der Waals surface area contributed by atoms with E-state index in [0.29, 0.717) is 5.82 Å². The molecule has 21 heavy (non-hydrogen) atoms. The average molecular weight is 283 g/mol. The molecule has 0 amide bonds. The van der Waals surface area contributed by atoms with E-state index in [1.54, 1.807) is 0 Å².